The Labute approximate surface area is 113 Å². The van der Waals surface area contributed by atoms with Crippen molar-refractivity contribution in [3.63, 3.8) is 0 Å². The van der Waals surface area contributed by atoms with Crippen molar-refractivity contribution in [3.05, 3.63) is 36.2 Å². The van der Waals surface area contributed by atoms with Gasteiger partial charge in [-0.3, -0.25) is 4.79 Å². The van der Waals surface area contributed by atoms with Crippen LogP contribution in [0.15, 0.2) is 40.6 Å². The lowest BCUT2D eigenvalue weighted by Gasteiger charge is -2.09. The molecule has 0 saturated carbocycles. The summed E-state index contributed by atoms with van der Waals surface area (Å²) in [5.74, 6) is -0.916. The quantitative estimate of drug-likeness (QED) is 0.828. The van der Waals surface area contributed by atoms with Gasteiger partial charge in [0, 0.05) is 10.9 Å². The minimum atomic E-state index is -0.916. The summed E-state index contributed by atoms with van der Waals surface area (Å²) in [6.45, 7) is 0. The largest absolute Gasteiger partial charge is 0.481 e. The number of benzene rings is 1. The topological polar surface area (TPSA) is 115 Å². The van der Waals surface area contributed by atoms with Crippen LogP contribution in [0.5, 0.6) is 0 Å². The zero-order valence-corrected chi connectivity index (χ0v) is 10.6. The first-order valence-electron chi connectivity index (χ1n) is 5.40. The number of carboxylic acids is 1. The van der Waals surface area contributed by atoms with Crippen LogP contribution < -0.4 is 5.73 Å². The Kier molecular flexibility index (Phi) is 4.37. The van der Waals surface area contributed by atoms with Gasteiger partial charge < -0.3 is 10.8 Å². The lowest BCUT2D eigenvalue weighted by atomic mass is 10.1. The number of aliphatic carboxylic acids is 1. The molecule has 0 bridgehead atoms. The second kappa shape index (κ2) is 6.21. The second-order valence-corrected chi connectivity index (χ2v) is 4.75. The van der Waals surface area contributed by atoms with Crippen molar-refractivity contribution in [2.45, 2.75) is 22.5 Å². The van der Waals surface area contributed by atoms with E-state index in [0.717, 1.165) is 10.5 Å². The highest BCUT2D eigenvalue weighted by molar-refractivity contribution is 7.99. The third kappa shape index (κ3) is 3.97. The first-order chi connectivity index (χ1) is 9.15. The molecule has 0 aliphatic rings. The van der Waals surface area contributed by atoms with Gasteiger partial charge in [-0.1, -0.05) is 12.1 Å². The maximum absolute atomic E-state index is 10.6. The Morgan fingerprint density at radius 3 is 2.47 bits per heavy atom. The van der Waals surface area contributed by atoms with E-state index >= 15 is 0 Å². The molecule has 0 fully saturated rings. The smallest absolute Gasteiger partial charge is 0.305 e. The number of hydrogen-bond acceptors (Lipinski definition) is 7. The molecule has 1 atom stereocenters. The number of nitrogens with zero attached hydrogens (tertiary/aromatic N) is 4. The van der Waals surface area contributed by atoms with Crippen LogP contribution in [0.2, 0.25) is 0 Å². The van der Waals surface area contributed by atoms with E-state index < -0.39 is 12.0 Å². The molecule has 0 aliphatic heterocycles. The van der Waals surface area contributed by atoms with Crippen LogP contribution in [0.25, 0.3) is 0 Å². The van der Waals surface area contributed by atoms with Gasteiger partial charge in [0.15, 0.2) is 6.33 Å². The van der Waals surface area contributed by atoms with Crippen molar-refractivity contribution in [2.24, 2.45) is 5.73 Å². The van der Waals surface area contributed by atoms with Crippen molar-refractivity contribution in [1.29, 1.82) is 0 Å². The van der Waals surface area contributed by atoms with E-state index in [0.29, 0.717) is 5.16 Å². The van der Waals surface area contributed by atoms with Crippen LogP contribution in [-0.2, 0) is 4.79 Å². The lowest BCUT2D eigenvalue weighted by molar-refractivity contribution is -0.137. The molecule has 7 nitrogen and oxygen atoms in total. The summed E-state index contributed by atoms with van der Waals surface area (Å²) in [6, 6.07) is 6.74. The second-order valence-electron chi connectivity index (χ2n) is 3.70. The average molecular weight is 277 g/mol. The molecule has 0 amide bonds. The highest BCUT2D eigenvalue weighted by Gasteiger charge is 2.10. The number of nitrogens with two attached hydrogens (primary N) is 1. The van der Waals surface area contributed by atoms with Crippen molar-refractivity contribution in [1.82, 2.24) is 20.4 Å². The predicted molar refractivity (Wildman–Crippen MR) is 67.4 cm³/mol. The fourth-order valence-electron chi connectivity index (χ4n) is 1.43. The van der Waals surface area contributed by atoms with Gasteiger partial charge >= 0.3 is 5.97 Å². The number of rotatable bonds is 5. The number of aromatic nitrogens is 4. The molecule has 8 heteroatoms. The van der Waals surface area contributed by atoms with Crippen molar-refractivity contribution >= 4 is 17.7 Å². The van der Waals surface area contributed by atoms with Crippen LogP contribution in [0.4, 0.5) is 0 Å². The molecule has 1 aromatic heterocycles. The summed E-state index contributed by atoms with van der Waals surface area (Å²) in [7, 11) is 0. The van der Waals surface area contributed by atoms with E-state index in [9.17, 15) is 4.79 Å². The van der Waals surface area contributed by atoms with Gasteiger partial charge in [-0.05, 0) is 29.5 Å². The molecule has 1 aromatic carbocycles. The van der Waals surface area contributed by atoms with E-state index in [-0.39, 0.29) is 6.42 Å². The molecule has 98 valence electrons. The van der Waals surface area contributed by atoms with Crippen molar-refractivity contribution < 1.29 is 9.90 Å². The van der Waals surface area contributed by atoms with E-state index in [2.05, 4.69) is 20.4 Å². The summed E-state index contributed by atoms with van der Waals surface area (Å²) in [4.78, 5) is 11.5. The van der Waals surface area contributed by atoms with Crippen molar-refractivity contribution in [3.8, 4) is 0 Å². The molecular formula is C11H11N5O2S. The molecule has 0 aliphatic carbocycles. The maximum atomic E-state index is 10.6. The van der Waals surface area contributed by atoms with E-state index in [4.69, 9.17) is 10.8 Å². The molecule has 0 radical (unpaired) electrons. The van der Waals surface area contributed by atoms with Gasteiger partial charge in [-0.15, -0.1) is 20.4 Å². The zero-order valence-electron chi connectivity index (χ0n) is 9.80. The minimum absolute atomic E-state index is 0.0951. The molecular weight excluding hydrogens is 266 g/mol. The average Bonchev–Trinajstić information content (AvgIpc) is 2.40. The Bertz CT molecular complexity index is 549. The maximum Gasteiger partial charge on any atom is 0.305 e. The summed E-state index contributed by atoms with van der Waals surface area (Å²) in [5.41, 5.74) is 6.54. The summed E-state index contributed by atoms with van der Waals surface area (Å²) in [5, 5.41) is 24.0. The lowest BCUT2D eigenvalue weighted by Crippen LogP contribution is -2.14. The first-order valence-corrected chi connectivity index (χ1v) is 6.22. The van der Waals surface area contributed by atoms with E-state index in [1.807, 2.05) is 12.1 Å². The third-order valence-electron chi connectivity index (χ3n) is 2.30. The van der Waals surface area contributed by atoms with Crippen LogP contribution in [0.1, 0.15) is 18.0 Å². The van der Waals surface area contributed by atoms with Crippen LogP contribution >= 0.6 is 11.8 Å². The van der Waals surface area contributed by atoms with E-state index in [1.54, 1.807) is 12.1 Å². The standard InChI is InChI=1S/C11H11N5O2S/c12-9(5-10(17)18)7-1-3-8(4-2-7)19-11-15-13-6-14-16-11/h1-4,6,9H,5,12H2,(H,17,18). The summed E-state index contributed by atoms with van der Waals surface area (Å²) < 4.78 is 0. The molecule has 2 aromatic rings. The Morgan fingerprint density at radius 1 is 1.26 bits per heavy atom. The van der Waals surface area contributed by atoms with Crippen molar-refractivity contribution in [2.75, 3.05) is 0 Å². The molecule has 3 N–H and O–H groups in total. The summed E-state index contributed by atoms with van der Waals surface area (Å²) >= 11 is 1.32. The highest BCUT2D eigenvalue weighted by Crippen LogP contribution is 2.25. The fraction of sp³-hybridized carbons (Fsp3) is 0.182. The van der Waals surface area contributed by atoms with Gasteiger partial charge in [0.1, 0.15) is 0 Å². The van der Waals surface area contributed by atoms with Crippen LogP contribution in [-0.4, -0.2) is 31.5 Å². The predicted octanol–water partition coefficient (Wildman–Crippen LogP) is 0.892. The molecule has 1 unspecified atom stereocenters. The van der Waals surface area contributed by atoms with Gasteiger partial charge in [0.2, 0.25) is 5.16 Å². The Balaban J connectivity index is 2.04. The molecule has 19 heavy (non-hydrogen) atoms. The molecule has 2 rings (SSSR count). The monoisotopic (exact) mass is 277 g/mol. The van der Waals surface area contributed by atoms with Gasteiger partial charge in [0.25, 0.3) is 0 Å². The highest BCUT2D eigenvalue weighted by atomic mass is 32.2. The van der Waals surface area contributed by atoms with Crippen LogP contribution in [0.3, 0.4) is 0 Å². The van der Waals surface area contributed by atoms with Gasteiger partial charge in [-0.2, -0.15) is 0 Å². The van der Waals surface area contributed by atoms with Gasteiger partial charge in [0.05, 0.1) is 6.42 Å². The zero-order chi connectivity index (χ0) is 13.7. The number of hydrogen-bond donors (Lipinski definition) is 2. The normalized spacial score (nSPS) is 12.1. The number of carboxylic acid groups (broad SMARTS) is 1. The number of carbonyl (C=O) groups is 1. The Hall–Kier alpha value is -2.06. The first kappa shape index (κ1) is 13.4. The van der Waals surface area contributed by atoms with Crippen LogP contribution in [0, 0.1) is 0 Å². The minimum Gasteiger partial charge on any atom is -0.481 e. The molecule has 0 spiro atoms. The van der Waals surface area contributed by atoms with Gasteiger partial charge in [-0.25, -0.2) is 0 Å². The fourth-order valence-corrected chi connectivity index (χ4v) is 2.09. The van der Waals surface area contributed by atoms with E-state index in [1.165, 1.54) is 18.1 Å². The molecule has 0 saturated heterocycles. The SMILES string of the molecule is NC(CC(=O)O)c1ccc(Sc2nncnn2)cc1. The summed E-state index contributed by atoms with van der Waals surface area (Å²) in [6.07, 6.45) is 1.17. The Morgan fingerprint density at radius 2 is 1.89 bits per heavy atom. The molecule has 1 heterocycles. The third-order valence-corrected chi connectivity index (χ3v) is 3.16.